The fourth-order valence-electron chi connectivity index (χ4n) is 4.02. The number of aryl methyl sites for hydroxylation is 3. The molecule has 2 saturated heterocycles. The van der Waals surface area contributed by atoms with E-state index in [1.807, 2.05) is 6.92 Å². The first-order valence-electron chi connectivity index (χ1n) is 9.46. The van der Waals surface area contributed by atoms with Gasteiger partial charge >= 0.3 is 0 Å². The average Bonchev–Trinajstić information content (AvgIpc) is 3.11. The lowest BCUT2D eigenvalue weighted by Crippen LogP contribution is -2.53. The molecule has 3 heterocycles. The Balaban J connectivity index is 1.60. The van der Waals surface area contributed by atoms with Gasteiger partial charge in [-0.1, -0.05) is 23.4 Å². The molecule has 6 heteroatoms. The average molecular weight is 355 g/mol. The summed E-state index contributed by atoms with van der Waals surface area (Å²) in [5.41, 5.74) is 4.06. The van der Waals surface area contributed by atoms with E-state index in [0.29, 0.717) is 18.3 Å². The minimum atomic E-state index is 0.129. The highest BCUT2D eigenvalue weighted by atomic mass is 16.5. The van der Waals surface area contributed by atoms with E-state index in [9.17, 15) is 0 Å². The Morgan fingerprint density at radius 3 is 2.62 bits per heavy atom. The Morgan fingerprint density at radius 2 is 1.92 bits per heavy atom. The molecule has 0 bridgehead atoms. The first-order chi connectivity index (χ1) is 12.6. The number of rotatable bonds is 3. The summed E-state index contributed by atoms with van der Waals surface area (Å²) in [6, 6.07) is 6.82. The van der Waals surface area contributed by atoms with Gasteiger partial charge < -0.3 is 9.26 Å². The predicted octanol–water partition coefficient (Wildman–Crippen LogP) is 2.53. The van der Waals surface area contributed by atoms with Crippen molar-refractivity contribution in [1.82, 2.24) is 20.4 Å². The molecule has 1 aromatic heterocycles. The molecule has 0 aliphatic carbocycles. The first-order valence-corrected chi connectivity index (χ1v) is 9.46. The maximum absolute atomic E-state index is 5.67. The van der Waals surface area contributed by atoms with E-state index in [1.54, 1.807) is 0 Å². The Morgan fingerprint density at radius 1 is 1.08 bits per heavy atom. The maximum Gasteiger partial charge on any atom is 0.231 e. The summed E-state index contributed by atoms with van der Waals surface area (Å²) in [5, 5.41) is 8.78. The van der Waals surface area contributed by atoms with Crippen molar-refractivity contribution in [1.29, 1.82) is 0 Å². The molecule has 0 saturated carbocycles. The van der Waals surface area contributed by atoms with Crippen LogP contribution in [0.15, 0.2) is 22.7 Å². The summed E-state index contributed by atoms with van der Waals surface area (Å²) in [6.07, 6.45) is 1.15. The van der Waals surface area contributed by atoms with Crippen LogP contribution in [-0.4, -0.2) is 54.1 Å². The maximum atomic E-state index is 5.67. The Kier molecular flexibility index (Phi) is 5.07. The third kappa shape index (κ3) is 3.68. The molecule has 2 aliphatic rings. The minimum Gasteiger partial charge on any atom is -0.377 e. The van der Waals surface area contributed by atoms with Gasteiger partial charge in [-0.15, -0.1) is 0 Å². The summed E-state index contributed by atoms with van der Waals surface area (Å²) in [6.45, 7) is 10.3. The quantitative estimate of drug-likeness (QED) is 0.846. The van der Waals surface area contributed by atoms with Gasteiger partial charge in [0.15, 0.2) is 5.82 Å². The molecule has 2 fully saturated rings. The number of ether oxygens (including phenoxy) is 1. The second-order valence-electron chi connectivity index (χ2n) is 7.57. The molecule has 4 rings (SSSR count). The second-order valence-corrected chi connectivity index (χ2v) is 7.57. The summed E-state index contributed by atoms with van der Waals surface area (Å²) in [4.78, 5) is 6.94. The third-order valence-electron chi connectivity index (χ3n) is 5.64. The van der Waals surface area contributed by atoms with E-state index in [1.165, 1.54) is 16.7 Å². The molecule has 2 aromatic rings. The molecule has 0 N–H and O–H groups in total. The lowest BCUT2D eigenvalue weighted by Gasteiger charge is -2.42. The molecule has 3 unspecified atom stereocenters. The van der Waals surface area contributed by atoms with E-state index >= 15 is 0 Å². The zero-order chi connectivity index (χ0) is 18.1. The van der Waals surface area contributed by atoms with Crippen LogP contribution in [0.3, 0.4) is 0 Å². The van der Waals surface area contributed by atoms with Gasteiger partial charge in [-0.05, 0) is 49.8 Å². The predicted molar refractivity (Wildman–Crippen MR) is 98.2 cm³/mol. The van der Waals surface area contributed by atoms with Gasteiger partial charge in [-0.25, -0.2) is 5.32 Å². The van der Waals surface area contributed by atoms with Crippen LogP contribution in [0.4, 0.5) is 0 Å². The molecule has 139 valence electrons. The zero-order valence-corrected chi connectivity index (χ0v) is 15.8. The largest absolute Gasteiger partial charge is 0.377 e. The molecule has 2 aliphatic heterocycles. The fraction of sp³-hybridized carbons (Fsp3) is 0.600. The van der Waals surface area contributed by atoms with E-state index in [-0.39, 0.29) is 12.1 Å². The third-order valence-corrected chi connectivity index (χ3v) is 5.64. The number of nitrogens with zero attached hydrogens (tertiary/aromatic N) is 4. The van der Waals surface area contributed by atoms with Crippen LogP contribution >= 0.6 is 0 Å². The van der Waals surface area contributed by atoms with Gasteiger partial charge in [-0.2, -0.15) is 4.98 Å². The molecule has 0 spiro atoms. The van der Waals surface area contributed by atoms with E-state index in [2.05, 4.69) is 47.1 Å². The zero-order valence-electron chi connectivity index (χ0n) is 15.8. The number of aromatic nitrogens is 2. The fourth-order valence-corrected chi connectivity index (χ4v) is 4.02. The Labute approximate surface area is 154 Å². The monoisotopic (exact) mass is 355 g/mol. The van der Waals surface area contributed by atoms with Gasteiger partial charge in [0.25, 0.3) is 0 Å². The molecule has 26 heavy (non-hydrogen) atoms. The highest BCUT2D eigenvalue weighted by Crippen LogP contribution is 2.36. The van der Waals surface area contributed by atoms with Crippen LogP contribution in [0.5, 0.6) is 0 Å². The van der Waals surface area contributed by atoms with Crippen molar-refractivity contribution in [3.63, 3.8) is 0 Å². The van der Waals surface area contributed by atoms with Crippen molar-refractivity contribution < 1.29 is 9.26 Å². The van der Waals surface area contributed by atoms with Crippen LogP contribution in [-0.2, 0) is 4.74 Å². The molecular weight excluding hydrogens is 328 g/mol. The van der Waals surface area contributed by atoms with Crippen molar-refractivity contribution in [2.24, 2.45) is 0 Å². The summed E-state index contributed by atoms with van der Waals surface area (Å²) >= 11 is 0. The smallest absolute Gasteiger partial charge is 0.231 e. The van der Waals surface area contributed by atoms with E-state index in [4.69, 9.17) is 14.6 Å². The van der Waals surface area contributed by atoms with Gasteiger partial charge in [0.05, 0.1) is 25.3 Å². The Hall–Kier alpha value is -1.76. The standard InChI is InChI=1S/C20H27N4O2/c1-13-4-5-16(8-14(13)2)17-9-18(20-22-15(3)23-26-20)11-24(10-17)19-12-25-7-6-21-19/h4-5,8,17-19H,6-7,9-12H2,1-3H3. The number of benzene rings is 1. The van der Waals surface area contributed by atoms with E-state index < -0.39 is 0 Å². The van der Waals surface area contributed by atoms with Crippen LogP contribution in [0.25, 0.3) is 0 Å². The molecule has 3 atom stereocenters. The van der Waals surface area contributed by atoms with Crippen molar-refractivity contribution >= 4 is 0 Å². The molecule has 1 radical (unpaired) electrons. The highest BCUT2D eigenvalue weighted by Gasteiger charge is 2.36. The van der Waals surface area contributed by atoms with Crippen LogP contribution in [0.2, 0.25) is 0 Å². The topological polar surface area (TPSA) is 65.5 Å². The van der Waals surface area contributed by atoms with Crippen LogP contribution in [0.1, 0.15) is 46.7 Å². The van der Waals surface area contributed by atoms with Crippen LogP contribution < -0.4 is 5.32 Å². The number of likely N-dealkylation sites (tertiary alicyclic amines) is 1. The lowest BCUT2D eigenvalue weighted by molar-refractivity contribution is -0.00937. The highest BCUT2D eigenvalue weighted by molar-refractivity contribution is 5.32. The number of piperidine rings is 1. The SMILES string of the molecule is Cc1noc(C2CC(c3ccc(C)c(C)c3)CN(C3COCC[N]3)C2)n1. The van der Waals surface area contributed by atoms with Crippen molar-refractivity contribution in [2.75, 3.05) is 32.8 Å². The van der Waals surface area contributed by atoms with Gasteiger partial charge in [-0.3, -0.25) is 4.90 Å². The van der Waals surface area contributed by atoms with Gasteiger partial charge in [0, 0.05) is 19.6 Å². The van der Waals surface area contributed by atoms with Crippen LogP contribution in [0, 0.1) is 20.8 Å². The summed E-state index contributed by atoms with van der Waals surface area (Å²) in [5.74, 6) is 2.11. The van der Waals surface area contributed by atoms with Crippen molar-refractivity contribution in [3.8, 4) is 0 Å². The summed E-state index contributed by atoms with van der Waals surface area (Å²) < 4.78 is 11.2. The minimum absolute atomic E-state index is 0.129. The normalized spacial score (nSPS) is 27.6. The number of morpholine rings is 1. The van der Waals surface area contributed by atoms with E-state index in [0.717, 1.165) is 38.6 Å². The lowest BCUT2D eigenvalue weighted by atomic mass is 9.83. The Bertz CT molecular complexity index is 754. The second kappa shape index (κ2) is 7.47. The first kappa shape index (κ1) is 17.6. The van der Waals surface area contributed by atoms with Gasteiger partial charge in [0.2, 0.25) is 5.89 Å². The molecule has 1 aromatic carbocycles. The molecular formula is C20H27N4O2. The van der Waals surface area contributed by atoms with Crippen molar-refractivity contribution in [3.05, 3.63) is 46.6 Å². The molecule has 0 amide bonds. The number of hydrogen-bond donors (Lipinski definition) is 0. The molecule has 6 nitrogen and oxygen atoms in total. The summed E-state index contributed by atoms with van der Waals surface area (Å²) in [7, 11) is 0. The number of hydrogen-bond acceptors (Lipinski definition) is 5. The van der Waals surface area contributed by atoms with Gasteiger partial charge in [0.1, 0.15) is 0 Å². The van der Waals surface area contributed by atoms with Crippen molar-refractivity contribution in [2.45, 2.75) is 45.2 Å².